The first-order valence-electron chi connectivity index (χ1n) is 12.5. The fraction of sp³-hybridized carbons (Fsp3) is 0.519. The Morgan fingerprint density at radius 1 is 1.05 bits per heavy atom. The molecule has 1 aliphatic rings. The molecule has 1 heterocycles. The highest BCUT2D eigenvalue weighted by Gasteiger charge is 2.31. The van der Waals surface area contributed by atoms with Gasteiger partial charge in [0.2, 0.25) is 0 Å². The van der Waals surface area contributed by atoms with Gasteiger partial charge in [-0.2, -0.15) is 13.2 Å². The summed E-state index contributed by atoms with van der Waals surface area (Å²) in [6, 6.07) is 8.28. The van der Waals surface area contributed by atoms with Crippen molar-refractivity contribution in [3.8, 4) is 5.75 Å². The van der Waals surface area contributed by atoms with Gasteiger partial charge in [-0.25, -0.2) is 0 Å². The van der Waals surface area contributed by atoms with E-state index < -0.39 is 24.1 Å². The highest BCUT2D eigenvalue weighted by atomic mass is 19.4. The van der Waals surface area contributed by atoms with Gasteiger partial charge in [0.05, 0.1) is 12.2 Å². The minimum atomic E-state index is -4.42. The lowest BCUT2D eigenvalue weighted by atomic mass is 9.99. The Labute approximate surface area is 215 Å². The van der Waals surface area contributed by atoms with Crippen LogP contribution in [0, 0.1) is 13.8 Å². The molecule has 1 aliphatic heterocycles. The Morgan fingerprint density at radius 3 is 2.27 bits per heavy atom. The van der Waals surface area contributed by atoms with E-state index in [1.54, 1.807) is 11.8 Å². The number of benzene rings is 2. The molecule has 0 aromatic heterocycles. The number of nitrogens with one attached hydrogen (secondary N) is 1. The maximum Gasteiger partial charge on any atom is 0.416 e. The summed E-state index contributed by atoms with van der Waals surface area (Å²) in [5.41, 5.74) is 2.78. The summed E-state index contributed by atoms with van der Waals surface area (Å²) in [6.45, 7) is 9.14. The minimum absolute atomic E-state index is 0.0546. The van der Waals surface area contributed by atoms with Crippen LogP contribution in [0.1, 0.15) is 39.5 Å². The van der Waals surface area contributed by atoms with E-state index in [4.69, 9.17) is 9.84 Å². The van der Waals surface area contributed by atoms with E-state index in [2.05, 4.69) is 10.2 Å². The van der Waals surface area contributed by atoms with Crippen LogP contribution in [0.5, 0.6) is 5.75 Å². The number of ether oxygens (including phenoxy) is 1. The van der Waals surface area contributed by atoms with E-state index >= 15 is 0 Å². The zero-order chi connectivity index (χ0) is 27.2. The highest BCUT2D eigenvalue weighted by Crippen LogP contribution is 2.29. The number of carbonyl (C=O) groups is 1. The van der Waals surface area contributed by atoms with Crippen LogP contribution in [0.2, 0.25) is 0 Å². The first-order chi connectivity index (χ1) is 17.5. The van der Waals surface area contributed by atoms with Crippen molar-refractivity contribution in [2.75, 3.05) is 45.9 Å². The van der Waals surface area contributed by atoms with Crippen LogP contribution < -0.4 is 10.1 Å². The van der Waals surface area contributed by atoms with Crippen LogP contribution in [0.15, 0.2) is 36.4 Å². The average molecular weight is 524 g/mol. The van der Waals surface area contributed by atoms with Crippen LogP contribution in [-0.4, -0.2) is 84.1 Å². The molecular formula is C27H36F3N3O4. The van der Waals surface area contributed by atoms with Crippen LogP contribution in [-0.2, 0) is 12.6 Å². The third-order valence-electron chi connectivity index (χ3n) is 6.82. The number of hydrogen-bond donors (Lipinski definition) is 3. The van der Waals surface area contributed by atoms with Crippen LogP contribution in [0.25, 0.3) is 0 Å². The second kappa shape index (κ2) is 12.7. The summed E-state index contributed by atoms with van der Waals surface area (Å²) in [5, 5.41) is 22.0. The minimum Gasteiger partial charge on any atom is -0.472 e. The highest BCUT2D eigenvalue weighted by molar-refractivity contribution is 5.94. The summed E-state index contributed by atoms with van der Waals surface area (Å²) in [4.78, 5) is 16.7. The Balaban J connectivity index is 1.52. The summed E-state index contributed by atoms with van der Waals surface area (Å²) < 4.78 is 44.3. The van der Waals surface area contributed by atoms with Gasteiger partial charge in [0.25, 0.3) is 5.91 Å². The Bertz CT molecular complexity index is 1040. The number of alkyl halides is 3. The van der Waals surface area contributed by atoms with Crippen LogP contribution >= 0.6 is 0 Å². The predicted octanol–water partition coefficient (Wildman–Crippen LogP) is 2.99. The Hall–Kier alpha value is -2.66. The van der Waals surface area contributed by atoms with Gasteiger partial charge in [-0.3, -0.25) is 15.0 Å². The quantitative estimate of drug-likeness (QED) is 0.416. The number of aliphatic hydroxyl groups is 2. The first-order valence-corrected chi connectivity index (χ1v) is 12.5. The fourth-order valence-electron chi connectivity index (χ4n) is 4.34. The molecule has 10 heteroatoms. The molecule has 0 aliphatic carbocycles. The molecule has 1 saturated heterocycles. The van der Waals surface area contributed by atoms with Crippen molar-refractivity contribution in [3.05, 3.63) is 64.2 Å². The number of amides is 1. The molecule has 0 spiro atoms. The monoisotopic (exact) mass is 523 g/mol. The molecule has 2 aromatic rings. The van der Waals surface area contributed by atoms with Crippen LogP contribution in [0.4, 0.5) is 13.2 Å². The van der Waals surface area contributed by atoms with Crippen molar-refractivity contribution in [2.45, 2.75) is 45.7 Å². The number of hydrogen-bond acceptors (Lipinski definition) is 6. The molecule has 0 bridgehead atoms. The molecule has 37 heavy (non-hydrogen) atoms. The molecule has 1 unspecified atom stereocenters. The number of rotatable bonds is 10. The zero-order valence-electron chi connectivity index (χ0n) is 21.5. The maximum atomic E-state index is 12.8. The summed E-state index contributed by atoms with van der Waals surface area (Å²) in [6.07, 6.45) is -4.98. The molecule has 0 radical (unpaired) electrons. The van der Waals surface area contributed by atoms with Gasteiger partial charge in [0, 0.05) is 44.8 Å². The van der Waals surface area contributed by atoms with Crippen LogP contribution in [0.3, 0.4) is 0 Å². The molecule has 1 fully saturated rings. The van der Waals surface area contributed by atoms with Crippen molar-refractivity contribution >= 4 is 5.91 Å². The smallest absolute Gasteiger partial charge is 0.416 e. The largest absolute Gasteiger partial charge is 0.472 e. The predicted molar refractivity (Wildman–Crippen MR) is 135 cm³/mol. The number of nitrogens with zero attached hydrogens (tertiary/aromatic N) is 2. The number of aliphatic hydroxyl groups excluding tert-OH is 2. The first kappa shape index (κ1) is 28.9. The normalized spacial score (nSPS) is 16.5. The van der Waals surface area contributed by atoms with Gasteiger partial charge >= 0.3 is 6.18 Å². The fourth-order valence-corrected chi connectivity index (χ4v) is 4.34. The zero-order valence-corrected chi connectivity index (χ0v) is 21.5. The number of carbonyl (C=O) groups excluding carboxylic acids is 1. The van der Waals surface area contributed by atoms with E-state index in [9.17, 15) is 23.1 Å². The van der Waals surface area contributed by atoms with Crippen molar-refractivity contribution in [1.29, 1.82) is 0 Å². The van der Waals surface area contributed by atoms with E-state index in [-0.39, 0.29) is 18.1 Å². The van der Waals surface area contributed by atoms with Gasteiger partial charge in [-0.15, -0.1) is 0 Å². The molecule has 204 valence electrons. The standard InChI is InChI=1S/C27H36F3N3O4/c1-18-19(2)24(37-25(20(3)35)31-11-17-34)9-6-21(18)10-12-32-13-15-33(16-14-32)26(36)22-4-7-23(8-5-22)27(28,29)30/h4-9,20,25,31,34-35H,10-17H2,1-3H3/t20-,25?/m1/s1. The number of halogens is 3. The lowest BCUT2D eigenvalue weighted by Crippen LogP contribution is -2.49. The second-order valence-corrected chi connectivity index (χ2v) is 9.39. The molecule has 0 saturated carbocycles. The van der Waals surface area contributed by atoms with Gasteiger partial charge < -0.3 is 19.8 Å². The lowest BCUT2D eigenvalue weighted by Gasteiger charge is -2.35. The molecule has 1 amide bonds. The van der Waals surface area contributed by atoms with Crippen molar-refractivity contribution in [2.24, 2.45) is 0 Å². The lowest BCUT2D eigenvalue weighted by molar-refractivity contribution is -0.137. The maximum absolute atomic E-state index is 12.8. The van der Waals surface area contributed by atoms with E-state index in [1.165, 1.54) is 17.7 Å². The third kappa shape index (κ3) is 7.67. The Kier molecular flexibility index (Phi) is 9.94. The van der Waals surface area contributed by atoms with E-state index in [0.29, 0.717) is 38.5 Å². The second-order valence-electron chi connectivity index (χ2n) is 9.39. The molecule has 3 rings (SSSR count). The van der Waals surface area contributed by atoms with Gasteiger partial charge in [0.15, 0.2) is 6.23 Å². The third-order valence-corrected chi connectivity index (χ3v) is 6.82. The molecular weight excluding hydrogens is 487 g/mol. The van der Waals surface area contributed by atoms with E-state index in [1.807, 2.05) is 26.0 Å². The van der Waals surface area contributed by atoms with E-state index in [0.717, 1.165) is 36.2 Å². The molecule has 7 nitrogen and oxygen atoms in total. The van der Waals surface area contributed by atoms with Gasteiger partial charge in [-0.1, -0.05) is 6.07 Å². The van der Waals surface area contributed by atoms with Crippen molar-refractivity contribution < 1.29 is 32.9 Å². The number of piperazine rings is 1. The topological polar surface area (TPSA) is 85.3 Å². The summed E-state index contributed by atoms with van der Waals surface area (Å²) in [5.74, 6) is 0.424. The van der Waals surface area contributed by atoms with Crippen molar-refractivity contribution in [1.82, 2.24) is 15.1 Å². The Morgan fingerprint density at radius 2 is 1.70 bits per heavy atom. The molecule has 2 aromatic carbocycles. The molecule has 2 atom stereocenters. The van der Waals surface area contributed by atoms with Gasteiger partial charge in [0.1, 0.15) is 11.9 Å². The molecule has 3 N–H and O–H groups in total. The summed E-state index contributed by atoms with van der Waals surface area (Å²) in [7, 11) is 0. The SMILES string of the molecule is Cc1c(CCN2CCN(C(=O)c3ccc(C(F)(F)F)cc3)CC2)ccc(OC(NCCO)[C@@H](C)O)c1C. The average Bonchev–Trinajstić information content (AvgIpc) is 2.87. The summed E-state index contributed by atoms with van der Waals surface area (Å²) >= 11 is 0. The van der Waals surface area contributed by atoms with Gasteiger partial charge in [-0.05, 0) is 74.2 Å². The van der Waals surface area contributed by atoms with Crippen molar-refractivity contribution in [3.63, 3.8) is 0 Å².